The van der Waals surface area contributed by atoms with E-state index in [1.807, 2.05) is 6.92 Å². The van der Waals surface area contributed by atoms with E-state index in [-0.39, 0.29) is 16.8 Å². The summed E-state index contributed by atoms with van der Waals surface area (Å²) in [5.74, 6) is 0.959. The number of H-pyrrole nitrogens is 1. The third-order valence-corrected chi connectivity index (χ3v) is 5.43. The van der Waals surface area contributed by atoms with Crippen LogP contribution < -0.4 is 10.3 Å². The standard InChI is InChI=1S/C20H22ClFN4O2/c1-2-10-26-18-16(23-17(24-18)12-6-4-3-5-7-12)19(27)25-20(26)28-15-9-8-13(22)11-14(15)21/h8-9,11-12H,2-7,10H2,1H3,(H,23,24). The number of aryl methyl sites for hydroxylation is 1. The Morgan fingerprint density at radius 1 is 1.29 bits per heavy atom. The van der Waals surface area contributed by atoms with Crippen LogP contribution in [0.4, 0.5) is 4.39 Å². The highest BCUT2D eigenvalue weighted by Gasteiger charge is 2.23. The largest absolute Gasteiger partial charge is 0.424 e. The number of hydrogen-bond acceptors (Lipinski definition) is 4. The summed E-state index contributed by atoms with van der Waals surface area (Å²) in [5.41, 5.74) is 0.507. The first-order valence-electron chi connectivity index (χ1n) is 9.70. The summed E-state index contributed by atoms with van der Waals surface area (Å²) >= 11 is 6.07. The lowest BCUT2D eigenvalue weighted by Gasteiger charge is -2.18. The third kappa shape index (κ3) is 3.63. The highest BCUT2D eigenvalue weighted by molar-refractivity contribution is 6.32. The van der Waals surface area contributed by atoms with Gasteiger partial charge in [0.25, 0.3) is 0 Å². The highest BCUT2D eigenvalue weighted by Crippen LogP contribution is 2.33. The molecule has 4 rings (SSSR count). The van der Waals surface area contributed by atoms with E-state index < -0.39 is 11.4 Å². The van der Waals surface area contributed by atoms with Gasteiger partial charge in [0.2, 0.25) is 0 Å². The van der Waals surface area contributed by atoms with Gasteiger partial charge in [-0.25, -0.2) is 9.37 Å². The van der Waals surface area contributed by atoms with Crippen LogP contribution in [0.15, 0.2) is 23.0 Å². The van der Waals surface area contributed by atoms with Crippen LogP contribution in [-0.4, -0.2) is 19.5 Å². The van der Waals surface area contributed by atoms with Crippen molar-refractivity contribution < 1.29 is 9.13 Å². The van der Waals surface area contributed by atoms with Gasteiger partial charge in [-0.05, 0) is 37.5 Å². The van der Waals surface area contributed by atoms with E-state index in [1.54, 1.807) is 4.57 Å². The van der Waals surface area contributed by atoms with Gasteiger partial charge < -0.3 is 9.72 Å². The fourth-order valence-electron chi connectivity index (χ4n) is 3.75. The van der Waals surface area contributed by atoms with Crippen molar-refractivity contribution in [1.29, 1.82) is 0 Å². The number of nitrogens with zero attached hydrogens (tertiary/aromatic N) is 3. The van der Waals surface area contributed by atoms with Crippen LogP contribution >= 0.6 is 11.6 Å². The zero-order valence-corrected chi connectivity index (χ0v) is 16.4. The summed E-state index contributed by atoms with van der Waals surface area (Å²) < 4.78 is 20.9. The molecule has 3 aromatic rings. The Hall–Kier alpha value is -2.41. The molecule has 0 radical (unpaired) electrons. The molecule has 0 atom stereocenters. The number of aromatic amines is 1. The van der Waals surface area contributed by atoms with Gasteiger partial charge in [0.1, 0.15) is 17.4 Å². The first kappa shape index (κ1) is 18.9. The second kappa shape index (κ2) is 7.91. The Morgan fingerprint density at radius 2 is 2.07 bits per heavy atom. The highest BCUT2D eigenvalue weighted by atomic mass is 35.5. The van der Waals surface area contributed by atoms with Crippen LogP contribution in [0.2, 0.25) is 5.02 Å². The van der Waals surface area contributed by atoms with Gasteiger partial charge in [0, 0.05) is 12.5 Å². The average molecular weight is 405 g/mol. The lowest BCUT2D eigenvalue weighted by Crippen LogP contribution is -2.16. The quantitative estimate of drug-likeness (QED) is 0.637. The topological polar surface area (TPSA) is 72.8 Å². The summed E-state index contributed by atoms with van der Waals surface area (Å²) in [7, 11) is 0. The minimum Gasteiger partial charge on any atom is -0.424 e. The minimum absolute atomic E-state index is 0.106. The Kier molecular flexibility index (Phi) is 5.35. The molecule has 1 aliphatic rings. The van der Waals surface area contributed by atoms with E-state index in [0.717, 1.165) is 31.2 Å². The van der Waals surface area contributed by atoms with Gasteiger partial charge >= 0.3 is 11.6 Å². The number of ether oxygens (including phenoxy) is 1. The molecule has 0 saturated heterocycles. The first-order valence-corrected chi connectivity index (χ1v) is 10.1. The zero-order valence-electron chi connectivity index (χ0n) is 15.7. The predicted octanol–water partition coefficient (Wildman–Crippen LogP) is 5.16. The van der Waals surface area contributed by atoms with E-state index in [9.17, 15) is 9.18 Å². The Bertz CT molecular complexity index is 1060. The van der Waals surface area contributed by atoms with Gasteiger partial charge in [-0.2, -0.15) is 4.98 Å². The molecule has 0 spiro atoms. The number of fused-ring (bicyclic) bond motifs is 1. The van der Waals surface area contributed by atoms with Crippen LogP contribution in [0.1, 0.15) is 57.2 Å². The molecule has 28 heavy (non-hydrogen) atoms. The first-order chi connectivity index (χ1) is 13.6. The van der Waals surface area contributed by atoms with Crippen molar-refractivity contribution in [2.75, 3.05) is 0 Å². The zero-order chi connectivity index (χ0) is 19.7. The molecule has 1 N–H and O–H groups in total. The van der Waals surface area contributed by atoms with Crippen molar-refractivity contribution in [1.82, 2.24) is 19.5 Å². The smallest absolute Gasteiger partial charge is 0.307 e. The molecule has 8 heteroatoms. The third-order valence-electron chi connectivity index (χ3n) is 5.13. The maximum Gasteiger partial charge on any atom is 0.307 e. The molecule has 6 nitrogen and oxygen atoms in total. The molecule has 1 fully saturated rings. The molecule has 148 valence electrons. The van der Waals surface area contributed by atoms with Crippen LogP contribution in [0.5, 0.6) is 11.8 Å². The summed E-state index contributed by atoms with van der Waals surface area (Å²) in [6.07, 6.45) is 6.55. The number of nitrogens with one attached hydrogen (secondary N) is 1. The molecule has 1 aromatic carbocycles. The lowest BCUT2D eigenvalue weighted by molar-refractivity contribution is 0.403. The molecule has 1 aliphatic carbocycles. The van der Waals surface area contributed by atoms with Gasteiger partial charge in [-0.15, -0.1) is 0 Å². The Morgan fingerprint density at radius 3 is 2.79 bits per heavy atom. The summed E-state index contributed by atoms with van der Waals surface area (Å²) in [5, 5.41) is 0.113. The van der Waals surface area contributed by atoms with Crippen molar-refractivity contribution in [3.05, 3.63) is 45.2 Å². The molecule has 2 aromatic heterocycles. The lowest BCUT2D eigenvalue weighted by atomic mass is 9.89. The van der Waals surface area contributed by atoms with Crippen molar-refractivity contribution in [2.45, 2.75) is 57.9 Å². The predicted molar refractivity (Wildman–Crippen MR) is 106 cm³/mol. The normalized spacial score (nSPS) is 15.2. The molecule has 1 saturated carbocycles. The number of aromatic nitrogens is 4. The maximum absolute atomic E-state index is 13.3. The van der Waals surface area contributed by atoms with Crippen LogP contribution in [0.25, 0.3) is 11.2 Å². The number of halogens is 2. The monoisotopic (exact) mass is 404 g/mol. The van der Waals surface area contributed by atoms with Gasteiger partial charge in [-0.1, -0.05) is 37.8 Å². The molecule has 0 amide bonds. The number of imidazole rings is 1. The summed E-state index contributed by atoms with van der Waals surface area (Å²) in [4.78, 5) is 24.7. The van der Waals surface area contributed by atoms with Gasteiger partial charge in [-0.3, -0.25) is 9.36 Å². The minimum atomic E-state index is -0.462. The number of benzene rings is 1. The number of hydrogen-bond donors (Lipinski definition) is 1. The van der Waals surface area contributed by atoms with E-state index in [0.29, 0.717) is 23.6 Å². The van der Waals surface area contributed by atoms with Crippen molar-refractivity contribution in [3.63, 3.8) is 0 Å². The molecular weight excluding hydrogens is 383 g/mol. The molecule has 0 unspecified atom stereocenters. The maximum atomic E-state index is 13.3. The second-order valence-electron chi connectivity index (χ2n) is 7.18. The summed E-state index contributed by atoms with van der Waals surface area (Å²) in [6.45, 7) is 2.60. The van der Waals surface area contributed by atoms with E-state index >= 15 is 0 Å². The number of rotatable bonds is 5. The molecular formula is C20H22ClFN4O2. The van der Waals surface area contributed by atoms with Crippen LogP contribution in [0.3, 0.4) is 0 Å². The van der Waals surface area contributed by atoms with Crippen LogP contribution in [0, 0.1) is 5.82 Å². The van der Waals surface area contributed by atoms with Gasteiger partial charge in [0.05, 0.1) is 5.02 Å². The molecule has 2 heterocycles. The van der Waals surface area contributed by atoms with Crippen molar-refractivity contribution in [2.24, 2.45) is 0 Å². The SMILES string of the molecule is CCCn1c(Oc2ccc(F)cc2Cl)nc(=O)c2[nH]c(C3CCCCC3)nc21. The second-order valence-corrected chi connectivity index (χ2v) is 7.59. The fourth-order valence-corrected chi connectivity index (χ4v) is 3.95. The average Bonchev–Trinajstić information content (AvgIpc) is 3.14. The Labute approximate surface area is 166 Å². The van der Waals surface area contributed by atoms with E-state index in [4.69, 9.17) is 21.3 Å². The van der Waals surface area contributed by atoms with E-state index in [2.05, 4.69) is 9.97 Å². The fraction of sp³-hybridized carbons (Fsp3) is 0.450. The van der Waals surface area contributed by atoms with Crippen molar-refractivity contribution >= 4 is 22.8 Å². The summed E-state index contributed by atoms with van der Waals surface area (Å²) in [6, 6.07) is 3.93. The molecule has 0 aliphatic heterocycles. The van der Waals surface area contributed by atoms with E-state index in [1.165, 1.54) is 31.4 Å². The molecule has 0 bridgehead atoms. The van der Waals surface area contributed by atoms with Crippen LogP contribution in [-0.2, 0) is 6.54 Å². The van der Waals surface area contributed by atoms with Crippen molar-refractivity contribution in [3.8, 4) is 11.8 Å². The van der Waals surface area contributed by atoms with Gasteiger partial charge in [0.15, 0.2) is 11.2 Å². The Balaban J connectivity index is 1.79.